The molecule has 0 N–H and O–H groups in total. The standard InChI is InChI=1S/C13H22S/c1-5-11(3)12(4)14-9-13-7-6-10(2)8-13/h5,10,13H,4,6-9H2,1-3H3/b11-5+/t10-,13+/m0/s1. The molecule has 1 aliphatic carbocycles. The zero-order valence-corrected chi connectivity index (χ0v) is 10.5. The lowest BCUT2D eigenvalue weighted by atomic mass is 10.1. The molecule has 1 rings (SSSR count). The smallest absolute Gasteiger partial charge is 0.00260 e. The Morgan fingerprint density at radius 3 is 2.71 bits per heavy atom. The van der Waals surface area contributed by atoms with E-state index in [4.69, 9.17) is 0 Å². The first-order valence-corrected chi connectivity index (χ1v) is 6.57. The highest BCUT2D eigenvalue weighted by Crippen LogP contribution is 2.35. The first-order valence-electron chi connectivity index (χ1n) is 5.58. The van der Waals surface area contributed by atoms with E-state index in [2.05, 4.69) is 33.4 Å². The molecule has 14 heavy (non-hydrogen) atoms. The molecule has 0 amide bonds. The van der Waals surface area contributed by atoms with Gasteiger partial charge in [0, 0.05) is 10.7 Å². The second-order valence-corrected chi connectivity index (χ2v) is 5.60. The third kappa shape index (κ3) is 3.53. The Balaban J connectivity index is 2.24. The van der Waals surface area contributed by atoms with Crippen molar-refractivity contribution >= 4 is 11.8 Å². The Morgan fingerprint density at radius 2 is 2.21 bits per heavy atom. The Labute approximate surface area is 92.9 Å². The molecule has 1 aliphatic rings. The molecule has 1 saturated carbocycles. The summed E-state index contributed by atoms with van der Waals surface area (Å²) in [7, 11) is 0. The van der Waals surface area contributed by atoms with Crippen molar-refractivity contribution in [3.63, 3.8) is 0 Å². The van der Waals surface area contributed by atoms with E-state index in [-0.39, 0.29) is 0 Å². The Bertz CT molecular complexity index is 227. The first-order chi connectivity index (χ1) is 6.63. The maximum atomic E-state index is 4.10. The maximum absolute atomic E-state index is 4.10. The minimum absolute atomic E-state index is 0.941. The van der Waals surface area contributed by atoms with Gasteiger partial charge in [0.2, 0.25) is 0 Å². The fraction of sp³-hybridized carbons (Fsp3) is 0.692. The van der Waals surface area contributed by atoms with Crippen molar-refractivity contribution in [2.45, 2.75) is 40.0 Å². The van der Waals surface area contributed by atoms with E-state index in [1.807, 2.05) is 11.8 Å². The third-order valence-electron chi connectivity index (χ3n) is 3.17. The van der Waals surface area contributed by atoms with E-state index < -0.39 is 0 Å². The van der Waals surface area contributed by atoms with E-state index in [0.717, 1.165) is 11.8 Å². The molecule has 0 nitrogen and oxygen atoms in total. The monoisotopic (exact) mass is 210 g/mol. The second kappa shape index (κ2) is 5.65. The van der Waals surface area contributed by atoms with Crippen LogP contribution in [0, 0.1) is 11.8 Å². The average molecular weight is 210 g/mol. The third-order valence-corrected chi connectivity index (χ3v) is 4.48. The molecule has 0 spiro atoms. The molecule has 0 unspecified atom stereocenters. The molecule has 80 valence electrons. The van der Waals surface area contributed by atoms with Crippen molar-refractivity contribution in [2.24, 2.45) is 11.8 Å². The summed E-state index contributed by atoms with van der Waals surface area (Å²) >= 11 is 1.95. The van der Waals surface area contributed by atoms with Crippen LogP contribution in [-0.2, 0) is 0 Å². The molecule has 0 heterocycles. The molecule has 2 atom stereocenters. The fourth-order valence-corrected chi connectivity index (χ4v) is 3.05. The highest BCUT2D eigenvalue weighted by Gasteiger charge is 2.21. The Hall–Kier alpha value is -0.170. The molecular weight excluding hydrogens is 188 g/mol. The van der Waals surface area contributed by atoms with Gasteiger partial charge in [0.25, 0.3) is 0 Å². The summed E-state index contributed by atoms with van der Waals surface area (Å²) in [6.45, 7) is 10.7. The van der Waals surface area contributed by atoms with E-state index in [1.54, 1.807) is 0 Å². The minimum Gasteiger partial charge on any atom is -0.126 e. The van der Waals surface area contributed by atoms with Gasteiger partial charge in [-0.05, 0) is 44.1 Å². The molecule has 0 aromatic carbocycles. The SMILES string of the molecule is C=C(SC[C@@H]1CC[C@H](C)C1)/C(C)=C/C. The quantitative estimate of drug-likeness (QED) is 0.609. The van der Waals surface area contributed by atoms with Crippen LogP contribution in [0.4, 0.5) is 0 Å². The lowest BCUT2D eigenvalue weighted by Gasteiger charge is -2.10. The molecule has 0 aromatic rings. The van der Waals surface area contributed by atoms with Crippen LogP contribution in [0.3, 0.4) is 0 Å². The molecule has 0 aliphatic heterocycles. The van der Waals surface area contributed by atoms with E-state index in [0.29, 0.717) is 0 Å². The second-order valence-electron chi connectivity index (χ2n) is 4.49. The summed E-state index contributed by atoms with van der Waals surface area (Å²) in [4.78, 5) is 1.26. The maximum Gasteiger partial charge on any atom is 0.00260 e. The van der Waals surface area contributed by atoms with Crippen molar-refractivity contribution in [3.05, 3.63) is 23.1 Å². The lowest BCUT2D eigenvalue weighted by molar-refractivity contribution is 0.562. The largest absolute Gasteiger partial charge is 0.126 e. The van der Waals surface area contributed by atoms with Crippen molar-refractivity contribution in [1.29, 1.82) is 0 Å². The van der Waals surface area contributed by atoms with Crippen LogP contribution in [0.2, 0.25) is 0 Å². The van der Waals surface area contributed by atoms with E-state index in [9.17, 15) is 0 Å². The Kier molecular flexibility index (Phi) is 4.80. The lowest BCUT2D eigenvalue weighted by Crippen LogP contribution is -1.98. The fourth-order valence-electron chi connectivity index (χ4n) is 1.97. The number of hydrogen-bond acceptors (Lipinski definition) is 1. The van der Waals surface area contributed by atoms with Gasteiger partial charge >= 0.3 is 0 Å². The summed E-state index contributed by atoms with van der Waals surface area (Å²) in [6, 6.07) is 0. The molecule has 0 aromatic heterocycles. The van der Waals surface area contributed by atoms with Crippen LogP contribution in [0.15, 0.2) is 23.1 Å². The summed E-state index contributed by atoms with van der Waals surface area (Å²) in [6.07, 6.45) is 6.43. The summed E-state index contributed by atoms with van der Waals surface area (Å²) in [5.74, 6) is 3.17. The van der Waals surface area contributed by atoms with Gasteiger partial charge in [0.1, 0.15) is 0 Å². The van der Waals surface area contributed by atoms with Crippen molar-refractivity contribution < 1.29 is 0 Å². The number of thioether (sulfide) groups is 1. The highest BCUT2D eigenvalue weighted by atomic mass is 32.2. The summed E-state index contributed by atoms with van der Waals surface area (Å²) in [5, 5.41) is 0. The number of allylic oxidation sites excluding steroid dienone is 2. The van der Waals surface area contributed by atoms with Crippen molar-refractivity contribution in [1.82, 2.24) is 0 Å². The van der Waals surface area contributed by atoms with E-state index >= 15 is 0 Å². The van der Waals surface area contributed by atoms with Crippen molar-refractivity contribution in [2.75, 3.05) is 5.75 Å². The number of hydrogen-bond donors (Lipinski definition) is 0. The van der Waals surface area contributed by atoms with Crippen LogP contribution in [-0.4, -0.2) is 5.75 Å². The van der Waals surface area contributed by atoms with Gasteiger partial charge < -0.3 is 0 Å². The summed E-state index contributed by atoms with van der Waals surface area (Å²) in [5.41, 5.74) is 1.33. The van der Waals surface area contributed by atoms with Gasteiger partial charge in [0.15, 0.2) is 0 Å². The molecule has 0 radical (unpaired) electrons. The topological polar surface area (TPSA) is 0 Å². The molecular formula is C13H22S. The van der Waals surface area contributed by atoms with Gasteiger partial charge in [-0.3, -0.25) is 0 Å². The predicted octanol–water partition coefficient (Wildman–Crippen LogP) is 4.64. The van der Waals surface area contributed by atoms with Crippen LogP contribution >= 0.6 is 11.8 Å². The highest BCUT2D eigenvalue weighted by molar-refractivity contribution is 8.03. The van der Waals surface area contributed by atoms with Gasteiger partial charge in [-0.1, -0.05) is 26.0 Å². The summed E-state index contributed by atoms with van der Waals surface area (Å²) < 4.78 is 0. The first kappa shape index (κ1) is 11.9. The zero-order chi connectivity index (χ0) is 10.6. The molecule has 1 heteroatoms. The van der Waals surface area contributed by atoms with Crippen LogP contribution < -0.4 is 0 Å². The van der Waals surface area contributed by atoms with Crippen LogP contribution in [0.5, 0.6) is 0 Å². The average Bonchev–Trinajstić information content (AvgIpc) is 2.59. The van der Waals surface area contributed by atoms with Gasteiger partial charge in [-0.15, -0.1) is 11.8 Å². The van der Waals surface area contributed by atoms with Crippen molar-refractivity contribution in [3.8, 4) is 0 Å². The number of rotatable bonds is 4. The van der Waals surface area contributed by atoms with Crippen LogP contribution in [0.25, 0.3) is 0 Å². The molecule has 0 saturated heterocycles. The zero-order valence-electron chi connectivity index (χ0n) is 9.68. The van der Waals surface area contributed by atoms with Gasteiger partial charge in [0.05, 0.1) is 0 Å². The molecule has 0 bridgehead atoms. The normalized spacial score (nSPS) is 28.1. The minimum atomic E-state index is 0.941. The Morgan fingerprint density at radius 1 is 1.50 bits per heavy atom. The van der Waals surface area contributed by atoms with Gasteiger partial charge in [-0.25, -0.2) is 0 Å². The van der Waals surface area contributed by atoms with Crippen LogP contribution in [0.1, 0.15) is 40.0 Å². The molecule has 1 fully saturated rings. The van der Waals surface area contributed by atoms with Gasteiger partial charge in [-0.2, -0.15) is 0 Å². The predicted molar refractivity (Wildman–Crippen MR) is 67.5 cm³/mol. The van der Waals surface area contributed by atoms with E-state index in [1.165, 1.54) is 35.5 Å².